The minimum Gasteiger partial charge on any atom is -0.358 e. The SMILES string of the molecule is C[C@]12CC=C3C(CC[C@@]45CC6(CC[C@@]34O5)OCCO6)[C@@H]1CCC2=O. The molecule has 4 nitrogen and oxygen atoms in total. The molecule has 5 fully saturated rings. The summed E-state index contributed by atoms with van der Waals surface area (Å²) >= 11 is 0. The van der Waals surface area contributed by atoms with E-state index in [-0.39, 0.29) is 22.4 Å². The fourth-order valence-electron chi connectivity index (χ4n) is 7.11. The van der Waals surface area contributed by atoms with Crippen LogP contribution in [0.1, 0.15) is 58.3 Å². The summed E-state index contributed by atoms with van der Waals surface area (Å²) in [5, 5.41) is 0. The second kappa shape index (κ2) is 4.16. The van der Waals surface area contributed by atoms with Crippen LogP contribution in [-0.4, -0.2) is 36.0 Å². The van der Waals surface area contributed by atoms with Gasteiger partial charge in [0.25, 0.3) is 0 Å². The summed E-state index contributed by atoms with van der Waals surface area (Å²) in [5.41, 5.74) is 1.34. The van der Waals surface area contributed by atoms with Gasteiger partial charge in [-0.2, -0.15) is 0 Å². The summed E-state index contributed by atoms with van der Waals surface area (Å²) in [7, 11) is 0. The first-order chi connectivity index (χ1) is 11.5. The molecule has 5 atom stereocenters. The second-order valence-corrected chi connectivity index (χ2v) is 9.20. The summed E-state index contributed by atoms with van der Waals surface area (Å²) in [6, 6.07) is 0. The van der Waals surface area contributed by atoms with E-state index < -0.39 is 0 Å². The minimum atomic E-state index is -0.375. The number of fused-ring (bicyclic) bond motifs is 3. The average Bonchev–Trinajstić information content (AvgIpc) is 2.88. The molecule has 0 radical (unpaired) electrons. The van der Waals surface area contributed by atoms with Crippen molar-refractivity contribution in [2.24, 2.45) is 17.3 Å². The van der Waals surface area contributed by atoms with Crippen molar-refractivity contribution in [1.29, 1.82) is 0 Å². The Morgan fingerprint density at radius 2 is 1.96 bits per heavy atom. The lowest BCUT2D eigenvalue weighted by Gasteiger charge is -2.48. The van der Waals surface area contributed by atoms with E-state index in [0.717, 1.165) is 64.6 Å². The van der Waals surface area contributed by atoms with Crippen molar-refractivity contribution in [3.8, 4) is 0 Å². The van der Waals surface area contributed by atoms with Gasteiger partial charge in [0, 0.05) is 24.7 Å². The number of ketones is 1. The summed E-state index contributed by atoms with van der Waals surface area (Å²) < 4.78 is 18.5. The predicted octanol–water partition coefficient (Wildman–Crippen LogP) is 3.15. The Morgan fingerprint density at radius 1 is 1.12 bits per heavy atom. The molecule has 1 unspecified atom stereocenters. The molecule has 6 aliphatic rings. The number of hydrogen-bond acceptors (Lipinski definition) is 4. The van der Waals surface area contributed by atoms with Gasteiger partial charge in [0.05, 0.1) is 13.2 Å². The molecule has 3 saturated carbocycles. The van der Waals surface area contributed by atoms with E-state index in [1.165, 1.54) is 0 Å². The number of Topliss-reactive ketones (excluding diaryl/α,β-unsaturated/α-hetero) is 1. The standard InChI is InChI=1S/C20H26O4/c1-17-6-5-15-13(14(17)2-3-16(17)21)4-7-18-12-19(22-10-11-23-19)8-9-20(15,18)24-18/h5,13-14H,2-4,6-12H2,1H3/t13?,14-,17-,18+,20+/m0/s1. The first kappa shape index (κ1) is 14.5. The predicted molar refractivity (Wildman–Crippen MR) is 86.3 cm³/mol. The minimum absolute atomic E-state index is 0.0473. The molecule has 4 heteroatoms. The van der Waals surface area contributed by atoms with E-state index in [4.69, 9.17) is 14.2 Å². The Balaban J connectivity index is 1.37. The summed E-state index contributed by atoms with van der Waals surface area (Å²) in [6.45, 7) is 3.65. The molecule has 2 saturated heterocycles. The zero-order valence-electron chi connectivity index (χ0n) is 14.4. The molecule has 130 valence electrons. The third kappa shape index (κ3) is 1.47. The molecule has 0 N–H and O–H groups in total. The molecule has 0 aromatic heterocycles. The fourth-order valence-corrected chi connectivity index (χ4v) is 7.11. The monoisotopic (exact) mass is 330 g/mol. The fraction of sp³-hybridized carbons (Fsp3) is 0.850. The van der Waals surface area contributed by atoms with Crippen LogP contribution >= 0.6 is 0 Å². The molecule has 24 heavy (non-hydrogen) atoms. The lowest BCUT2D eigenvalue weighted by atomic mass is 9.54. The van der Waals surface area contributed by atoms with Gasteiger partial charge in [-0.25, -0.2) is 0 Å². The molecule has 4 aliphatic carbocycles. The van der Waals surface area contributed by atoms with Crippen LogP contribution in [0.25, 0.3) is 0 Å². The molecular weight excluding hydrogens is 304 g/mol. The van der Waals surface area contributed by atoms with Gasteiger partial charge in [-0.1, -0.05) is 13.0 Å². The van der Waals surface area contributed by atoms with Crippen molar-refractivity contribution in [1.82, 2.24) is 0 Å². The Bertz CT molecular complexity index is 663. The van der Waals surface area contributed by atoms with Gasteiger partial charge in [0.15, 0.2) is 5.79 Å². The van der Waals surface area contributed by atoms with Gasteiger partial charge in [-0.15, -0.1) is 0 Å². The third-order valence-corrected chi connectivity index (χ3v) is 8.38. The number of carbonyl (C=O) groups is 1. The van der Waals surface area contributed by atoms with E-state index >= 15 is 0 Å². The van der Waals surface area contributed by atoms with E-state index in [1.807, 2.05) is 0 Å². The highest BCUT2D eigenvalue weighted by Crippen LogP contribution is 2.73. The molecule has 1 spiro atoms. The highest BCUT2D eigenvalue weighted by Gasteiger charge is 2.79. The van der Waals surface area contributed by atoms with Crippen molar-refractivity contribution >= 4 is 5.78 Å². The Kier molecular flexibility index (Phi) is 2.51. The third-order valence-electron chi connectivity index (χ3n) is 8.38. The lowest BCUT2D eigenvalue weighted by molar-refractivity contribution is -0.185. The Hall–Kier alpha value is -0.710. The van der Waals surface area contributed by atoms with Gasteiger partial charge in [-0.3, -0.25) is 4.79 Å². The molecule has 0 amide bonds. The second-order valence-electron chi connectivity index (χ2n) is 9.20. The van der Waals surface area contributed by atoms with Crippen molar-refractivity contribution in [2.45, 2.75) is 75.3 Å². The maximum Gasteiger partial charge on any atom is 0.171 e. The summed E-state index contributed by atoms with van der Waals surface area (Å²) in [4.78, 5) is 12.5. The average molecular weight is 330 g/mol. The van der Waals surface area contributed by atoms with Crippen molar-refractivity contribution in [3.05, 3.63) is 11.6 Å². The van der Waals surface area contributed by atoms with Crippen LogP contribution in [0.4, 0.5) is 0 Å². The van der Waals surface area contributed by atoms with Crippen LogP contribution in [0.2, 0.25) is 0 Å². The molecular formula is C20H26O4. The maximum atomic E-state index is 12.5. The van der Waals surface area contributed by atoms with E-state index in [0.29, 0.717) is 17.6 Å². The van der Waals surface area contributed by atoms with E-state index in [1.54, 1.807) is 5.57 Å². The first-order valence-electron chi connectivity index (χ1n) is 9.75. The summed E-state index contributed by atoms with van der Waals surface area (Å²) in [5.74, 6) is 1.21. The van der Waals surface area contributed by atoms with Crippen LogP contribution in [0, 0.1) is 17.3 Å². The molecule has 2 heterocycles. The van der Waals surface area contributed by atoms with Crippen LogP contribution < -0.4 is 0 Å². The van der Waals surface area contributed by atoms with Crippen molar-refractivity contribution in [3.63, 3.8) is 0 Å². The summed E-state index contributed by atoms with van der Waals surface area (Å²) in [6.07, 6.45) is 10.3. The highest BCUT2D eigenvalue weighted by molar-refractivity contribution is 5.87. The number of hydrogen-bond donors (Lipinski definition) is 0. The van der Waals surface area contributed by atoms with Crippen LogP contribution in [-0.2, 0) is 19.0 Å². The highest BCUT2D eigenvalue weighted by atomic mass is 16.7. The van der Waals surface area contributed by atoms with E-state index in [9.17, 15) is 4.79 Å². The number of carbonyl (C=O) groups excluding carboxylic acids is 1. The van der Waals surface area contributed by atoms with Crippen molar-refractivity contribution < 1.29 is 19.0 Å². The maximum absolute atomic E-state index is 12.5. The van der Waals surface area contributed by atoms with Crippen LogP contribution in [0.15, 0.2) is 11.6 Å². The molecule has 0 aromatic rings. The van der Waals surface area contributed by atoms with Gasteiger partial charge < -0.3 is 14.2 Å². The Labute approximate surface area is 142 Å². The number of rotatable bonds is 0. The van der Waals surface area contributed by atoms with E-state index in [2.05, 4.69) is 13.0 Å². The number of allylic oxidation sites excluding steroid dienone is 1. The van der Waals surface area contributed by atoms with Crippen molar-refractivity contribution in [2.75, 3.05) is 13.2 Å². The molecule has 0 bridgehead atoms. The van der Waals surface area contributed by atoms with Gasteiger partial charge in [0.1, 0.15) is 17.0 Å². The zero-order chi connectivity index (χ0) is 16.2. The first-order valence-corrected chi connectivity index (χ1v) is 9.75. The van der Waals surface area contributed by atoms with Crippen LogP contribution in [0.3, 0.4) is 0 Å². The van der Waals surface area contributed by atoms with Crippen LogP contribution in [0.5, 0.6) is 0 Å². The normalized spacial score (nSPS) is 53.9. The largest absolute Gasteiger partial charge is 0.358 e. The smallest absolute Gasteiger partial charge is 0.171 e. The number of epoxide rings is 1. The lowest BCUT2D eigenvalue weighted by Crippen LogP contribution is -2.51. The Morgan fingerprint density at radius 3 is 2.79 bits per heavy atom. The molecule has 0 aromatic carbocycles. The molecule has 2 aliphatic heterocycles. The molecule has 6 rings (SSSR count). The van der Waals surface area contributed by atoms with Gasteiger partial charge in [-0.05, 0) is 49.5 Å². The zero-order valence-corrected chi connectivity index (χ0v) is 14.4. The topological polar surface area (TPSA) is 48.1 Å². The van der Waals surface area contributed by atoms with Gasteiger partial charge >= 0.3 is 0 Å². The van der Waals surface area contributed by atoms with Gasteiger partial charge in [0.2, 0.25) is 0 Å². The number of ether oxygens (including phenoxy) is 3. The quantitative estimate of drug-likeness (QED) is 0.506.